The van der Waals surface area contributed by atoms with E-state index in [2.05, 4.69) is 23.8 Å². The average molecular weight is 415 g/mol. The smallest absolute Gasteiger partial charge is 0.166 e. The molecule has 0 aliphatic heterocycles. The molecule has 0 saturated heterocycles. The van der Waals surface area contributed by atoms with Crippen molar-refractivity contribution >= 4 is 39.4 Å². The fraction of sp³-hybridized carbons (Fsp3) is 0.350. The first-order valence-corrected chi connectivity index (χ1v) is 10.5. The minimum absolute atomic E-state index is 0.179. The summed E-state index contributed by atoms with van der Waals surface area (Å²) in [5.74, 6) is 0. The molecule has 0 aromatic heterocycles. The third kappa shape index (κ3) is 8.35. The second-order valence-electron chi connectivity index (χ2n) is 5.21. The van der Waals surface area contributed by atoms with Gasteiger partial charge < -0.3 is 0 Å². The van der Waals surface area contributed by atoms with Gasteiger partial charge in [0.25, 0.3) is 0 Å². The number of hydrazone groups is 1. The van der Waals surface area contributed by atoms with Crippen molar-refractivity contribution < 1.29 is 4.21 Å². The van der Waals surface area contributed by atoms with E-state index in [0.717, 1.165) is 11.1 Å². The molecule has 0 saturated carbocycles. The molecule has 2 rings (SSSR count). The standard InChI is InChI=1S/C15H14Cl2N2OS.C3H8.C2H6/c1-10-6-8-12(9-7-10)21(20)19-18-15(17)14-11(2)4-3-5-13(14)16;1-3-2;1-2/h3-9,19H,1-2H3;3H2,1-2H3;1-2H3/b18-15+;;. The van der Waals surface area contributed by atoms with Gasteiger partial charge in [-0.3, -0.25) is 0 Å². The van der Waals surface area contributed by atoms with Crippen molar-refractivity contribution in [1.29, 1.82) is 0 Å². The predicted octanol–water partition coefficient (Wildman–Crippen LogP) is 6.61. The zero-order valence-electron chi connectivity index (χ0n) is 16.3. The molecular weight excluding hydrogens is 387 g/mol. The lowest BCUT2D eigenvalue weighted by Gasteiger charge is -2.07. The highest BCUT2D eigenvalue weighted by Gasteiger charge is 2.10. The molecule has 0 heterocycles. The molecule has 0 amide bonds. The van der Waals surface area contributed by atoms with Gasteiger partial charge in [0.15, 0.2) is 16.2 Å². The maximum Gasteiger partial charge on any atom is 0.166 e. The van der Waals surface area contributed by atoms with E-state index < -0.39 is 11.0 Å². The molecule has 1 atom stereocenters. The highest BCUT2D eigenvalue weighted by Crippen LogP contribution is 2.21. The lowest BCUT2D eigenvalue weighted by Crippen LogP contribution is -2.13. The molecule has 0 bridgehead atoms. The number of hydrogen-bond acceptors (Lipinski definition) is 2. The number of aryl methyl sites for hydroxylation is 2. The van der Waals surface area contributed by atoms with E-state index in [1.165, 1.54) is 6.42 Å². The Morgan fingerprint density at radius 2 is 1.62 bits per heavy atom. The van der Waals surface area contributed by atoms with Crippen LogP contribution in [0.1, 0.15) is 50.8 Å². The average Bonchev–Trinajstić information content (AvgIpc) is 2.62. The van der Waals surface area contributed by atoms with Crippen molar-refractivity contribution in [3.8, 4) is 0 Å². The van der Waals surface area contributed by atoms with Crippen molar-refractivity contribution in [2.24, 2.45) is 5.10 Å². The van der Waals surface area contributed by atoms with Gasteiger partial charge in [0.2, 0.25) is 0 Å². The topological polar surface area (TPSA) is 41.5 Å². The fourth-order valence-electron chi connectivity index (χ4n) is 1.75. The van der Waals surface area contributed by atoms with E-state index >= 15 is 0 Å². The van der Waals surface area contributed by atoms with E-state index in [1.807, 2.05) is 52.0 Å². The van der Waals surface area contributed by atoms with Crippen LogP contribution in [-0.4, -0.2) is 9.38 Å². The molecule has 0 spiro atoms. The Labute approximate surface area is 170 Å². The number of nitrogens with one attached hydrogen (secondary N) is 1. The van der Waals surface area contributed by atoms with Gasteiger partial charge in [0.1, 0.15) is 0 Å². The summed E-state index contributed by atoms with van der Waals surface area (Å²) in [6.45, 7) is 12.1. The van der Waals surface area contributed by atoms with Crippen LogP contribution < -0.4 is 4.83 Å². The lowest BCUT2D eigenvalue weighted by molar-refractivity contribution is 0.675. The van der Waals surface area contributed by atoms with E-state index in [9.17, 15) is 4.21 Å². The van der Waals surface area contributed by atoms with Crippen molar-refractivity contribution in [3.05, 3.63) is 64.2 Å². The third-order valence-electron chi connectivity index (χ3n) is 2.89. The summed E-state index contributed by atoms with van der Waals surface area (Å²) in [6.07, 6.45) is 1.25. The molecule has 3 nitrogen and oxygen atoms in total. The summed E-state index contributed by atoms with van der Waals surface area (Å²) in [6, 6.07) is 12.8. The Morgan fingerprint density at radius 1 is 1.08 bits per heavy atom. The highest BCUT2D eigenvalue weighted by molar-refractivity contribution is 7.83. The van der Waals surface area contributed by atoms with Gasteiger partial charge in [-0.1, -0.05) is 87.1 Å². The third-order valence-corrected chi connectivity index (χ3v) is 4.44. The molecule has 26 heavy (non-hydrogen) atoms. The summed E-state index contributed by atoms with van der Waals surface area (Å²) in [5, 5.41) is 4.65. The summed E-state index contributed by atoms with van der Waals surface area (Å²) >= 11 is 12.2. The fourth-order valence-corrected chi connectivity index (χ4v) is 3.11. The van der Waals surface area contributed by atoms with E-state index in [1.54, 1.807) is 18.2 Å². The van der Waals surface area contributed by atoms with E-state index in [-0.39, 0.29) is 5.17 Å². The zero-order chi connectivity index (χ0) is 20.1. The van der Waals surface area contributed by atoms with E-state index in [4.69, 9.17) is 23.2 Å². The van der Waals surface area contributed by atoms with Crippen LogP contribution >= 0.6 is 23.2 Å². The van der Waals surface area contributed by atoms with Crippen LogP contribution in [0.15, 0.2) is 52.5 Å². The van der Waals surface area contributed by atoms with Gasteiger partial charge in [-0.15, -0.1) is 0 Å². The maximum absolute atomic E-state index is 12.1. The lowest BCUT2D eigenvalue weighted by atomic mass is 10.1. The Bertz CT molecular complexity index is 696. The number of rotatable bonds is 4. The molecule has 2 aromatic carbocycles. The van der Waals surface area contributed by atoms with Crippen LogP contribution in [0.3, 0.4) is 0 Å². The summed E-state index contributed by atoms with van der Waals surface area (Å²) < 4.78 is 12.1. The summed E-state index contributed by atoms with van der Waals surface area (Å²) in [4.78, 5) is 3.17. The van der Waals surface area contributed by atoms with E-state index in [0.29, 0.717) is 15.5 Å². The first-order valence-electron chi connectivity index (χ1n) is 8.63. The van der Waals surface area contributed by atoms with Crippen molar-refractivity contribution in [3.63, 3.8) is 0 Å². The minimum Gasteiger partial charge on any atom is -0.230 e. The van der Waals surface area contributed by atoms with Gasteiger partial charge in [-0.2, -0.15) is 5.10 Å². The van der Waals surface area contributed by atoms with Crippen molar-refractivity contribution in [2.75, 3.05) is 0 Å². The number of nitrogens with zero attached hydrogens (tertiary/aromatic N) is 1. The van der Waals surface area contributed by atoms with Gasteiger partial charge in [-0.05, 0) is 37.6 Å². The van der Waals surface area contributed by atoms with Gasteiger partial charge in [0, 0.05) is 5.56 Å². The highest BCUT2D eigenvalue weighted by atomic mass is 35.5. The molecule has 144 valence electrons. The Kier molecular flexibility index (Phi) is 13.1. The molecule has 6 heteroatoms. The molecular formula is C20H28Cl2N2OS. The molecule has 1 N–H and O–H groups in total. The number of hydrogen-bond donors (Lipinski definition) is 1. The van der Waals surface area contributed by atoms with Crippen molar-refractivity contribution in [1.82, 2.24) is 4.83 Å². The van der Waals surface area contributed by atoms with Crippen LogP contribution in [0, 0.1) is 13.8 Å². The maximum atomic E-state index is 12.1. The molecule has 0 radical (unpaired) electrons. The second-order valence-corrected chi connectivity index (χ2v) is 7.17. The molecule has 0 fully saturated rings. The summed E-state index contributed by atoms with van der Waals surface area (Å²) in [5.41, 5.74) is 2.64. The number of halogens is 2. The van der Waals surface area contributed by atoms with Crippen LogP contribution in [0.25, 0.3) is 0 Å². The molecule has 0 aliphatic carbocycles. The van der Waals surface area contributed by atoms with Crippen LogP contribution in [0.5, 0.6) is 0 Å². The second kappa shape index (κ2) is 13.8. The predicted molar refractivity (Wildman–Crippen MR) is 117 cm³/mol. The van der Waals surface area contributed by atoms with Gasteiger partial charge in [0.05, 0.1) is 9.92 Å². The normalized spacial score (nSPS) is 11.5. The first kappa shape index (κ1) is 24.6. The Morgan fingerprint density at radius 3 is 2.12 bits per heavy atom. The molecule has 2 aromatic rings. The Hall–Kier alpha value is -1.36. The van der Waals surface area contributed by atoms with Gasteiger partial charge in [-0.25, -0.2) is 9.04 Å². The quantitative estimate of drug-likeness (QED) is 0.443. The zero-order valence-corrected chi connectivity index (χ0v) is 18.6. The first-order chi connectivity index (χ1) is 12.4. The summed E-state index contributed by atoms with van der Waals surface area (Å²) in [7, 11) is -1.46. The van der Waals surface area contributed by atoms with Crippen LogP contribution in [-0.2, 0) is 11.0 Å². The molecule has 0 aliphatic rings. The minimum atomic E-state index is -1.46. The van der Waals surface area contributed by atoms with Crippen molar-refractivity contribution in [2.45, 2.75) is 52.9 Å². The largest absolute Gasteiger partial charge is 0.230 e. The van der Waals surface area contributed by atoms with Crippen LogP contribution in [0.2, 0.25) is 5.02 Å². The number of benzene rings is 2. The van der Waals surface area contributed by atoms with Gasteiger partial charge >= 0.3 is 0 Å². The monoisotopic (exact) mass is 414 g/mol. The molecule has 1 unspecified atom stereocenters. The SMILES string of the molecule is CC.CCC.Cc1ccc(S(=O)N/N=C(/Cl)c2c(C)cccc2Cl)cc1. The Balaban J connectivity index is 0.00000113. The van der Waals surface area contributed by atoms with Crippen LogP contribution in [0.4, 0.5) is 0 Å².